The molecule has 0 aliphatic carbocycles. The zero-order chi connectivity index (χ0) is 10.2. The molecule has 0 aromatic rings. The molecule has 0 unspecified atom stereocenters. The van der Waals surface area contributed by atoms with Gasteiger partial charge >= 0.3 is 5.97 Å². The zero-order valence-electron chi connectivity index (χ0n) is 8.21. The highest BCUT2D eigenvalue weighted by atomic mass is 16.6. The minimum atomic E-state index is -1.02. The van der Waals surface area contributed by atoms with Gasteiger partial charge in [-0.25, -0.2) is 0 Å². The first-order valence-corrected chi connectivity index (χ1v) is 4.83. The molecule has 0 saturated carbocycles. The Morgan fingerprint density at radius 3 is 2.50 bits per heavy atom. The molecule has 5 nitrogen and oxygen atoms in total. The van der Waals surface area contributed by atoms with Crippen LogP contribution in [0.25, 0.3) is 0 Å². The van der Waals surface area contributed by atoms with Crippen molar-refractivity contribution < 1.29 is 19.4 Å². The molecule has 2 fully saturated rings. The third-order valence-electron chi connectivity index (χ3n) is 3.09. The molecule has 2 aliphatic rings. The summed E-state index contributed by atoms with van der Waals surface area (Å²) in [6, 6.07) is 0. The molecule has 5 heteroatoms. The van der Waals surface area contributed by atoms with Crippen molar-refractivity contribution >= 4 is 5.97 Å². The molecule has 0 aromatic heterocycles. The van der Waals surface area contributed by atoms with Crippen molar-refractivity contribution in [3.8, 4) is 0 Å². The van der Waals surface area contributed by atoms with Gasteiger partial charge in [-0.3, -0.25) is 4.79 Å². The number of rotatable bonds is 3. The lowest BCUT2D eigenvalue weighted by Crippen LogP contribution is -2.76. The lowest BCUT2D eigenvalue weighted by Gasteiger charge is -2.54. The monoisotopic (exact) mass is 201 g/mol. The highest BCUT2D eigenvalue weighted by molar-refractivity contribution is 5.80. The van der Waals surface area contributed by atoms with E-state index in [-0.39, 0.29) is 19.2 Å². The van der Waals surface area contributed by atoms with Crippen LogP contribution in [0.1, 0.15) is 6.92 Å². The van der Waals surface area contributed by atoms with E-state index in [9.17, 15) is 9.90 Å². The molecule has 2 aliphatic heterocycles. The second-order valence-corrected chi connectivity index (χ2v) is 3.93. The quantitative estimate of drug-likeness (QED) is 0.567. The molecule has 0 amide bonds. The number of hydrogen-bond donors (Lipinski definition) is 2. The predicted octanol–water partition coefficient (Wildman–Crippen LogP) is -1.10. The SMILES string of the molecule is CCOC(=O)C1(C2(O)COC2)CNC1. The molecule has 2 heterocycles. The van der Waals surface area contributed by atoms with Crippen molar-refractivity contribution in [2.75, 3.05) is 32.9 Å². The second-order valence-electron chi connectivity index (χ2n) is 3.93. The normalized spacial score (nSPS) is 27.3. The lowest BCUT2D eigenvalue weighted by atomic mass is 9.66. The highest BCUT2D eigenvalue weighted by Gasteiger charge is 2.64. The number of esters is 1. The first kappa shape index (κ1) is 9.89. The number of nitrogens with one attached hydrogen (secondary N) is 1. The summed E-state index contributed by atoms with van der Waals surface area (Å²) in [5, 5.41) is 13.1. The van der Waals surface area contributed by atoms with E-state index in [4.69, 9.17) is 9.47 Å². The summed E-state index contributed by atoms with van der Waals surface area (Å²) in [5.41, 5.74) is -1.80. The van der Waals surface area contributed by atoms with Gasteiger partial charge in [0, 0.05) is 13.1 Å². The summed E-state index contributed by atoms with van der Waals surface area (Å²) in [7, 11) is 0. The lowest BCUT2D eigenvalue weighted by molar-refractivity contribution is -0.256. The van der Waals surface area contributed by atoms with Crippen LogP contribution in [0, 0.1) is 5.41 Å². The smallest absolute Gasteiger partial charge is 0.317 e. The van der Waals surface area contributed by atoms with E-state index in [0.717, 1.165) is 0 Å². The molecule has 0 bridgehead atoms. The summed E-state index contributed by atoms with van der Waals surface area (Å²) in [6.45, 7) is 3.52. The molecular weight excluding hydrogens is 186 g/mol. The van der Waals surface area contributed by atoms with Gasteiger partial charge in [0.15, 0.2) is 0 Å². The Morgan fingerprint density at radius 2 is 2.21 bits per heavy atom. The van der Waals surface area contributed by atoms with E-state index in [1.807, 2.05) is 0 Å². The van der Waals surface area contributed by atoms with E-state index in [1.165, 1.54) is 0 Å². The van der Waals surface area contributed by atoms with Gasteiger partial charge in [0.2, 0.25) is 0 Å². The average molecular weight is 201 g/mol. The van der Waals surface area contributed by atoms with Crippen molar-refractivity contribution in [1.29, 1.82) is 0 Å². The van der Waals surface area contributed by atoms with Gasteiger partial charge in [-0.15, -0.1) is 0 Å². The van der Waals surface area contributed by atoms with Crippen molar-refractivity contribution in [2.45, 2.75) is 12.5 Å². The first-order valence-electron chi connectivity index (χ1n) is 4.83. The van der Waals surface area contributed by atoms with Gasteiger partial charge in [0.1, 0.15) is 11.0 Å². The summed E-state index contributed by atoms with van der Waals surface area (Å²) in [4.78, 5) is 11.7. The Balaban J connectivity index is 2.13. The number of carbonyl (C=O) groups excluding carboxylic acids is 1. The van der Waals surface area contributed by atoms with Crippen LogP contribution in [-0.4, -0.2) is 49.6 Å². The molecule has 14 heavy (non-hydrogen) atoms. The third kappa shape index (κ3) is 1.09. The van der Waals surface area contributed by atoms with Crippen LogP contribution in [-0.2, 0) is 14.3 Å². The average Bonchev–Trinajstić information content (AvgIpc) is 1.99. The number of aliphatic hydroxyl groups is 1. The van der Waals surface area contributed by atoms with Crippen molar-refractivity contribution in [1.82, 2.24) is 5.32 Å². The maximum atomic E-state index is 11.7. The Morgan fingerprint density at radius 1 is 1.57 bits per heavy atom. The van der Waals surface area contributed by atoms with E-state index in [0.29, 0.717) is 19.7 Å². The van der Waals surface area contributed by atoms with Crippen molar-refractivity contribution in [3.05, 3.63) is 0 Å². The Labute approximate surface area is 82.4 Å². The minimum Gasteiger partial charge on any atom is -0.465 e. The third-order valence-corrected chi connectivity index (χ3v) is 3.09. The van der Waals surface area contributed by atoms with Crippen LogP contribution in [0.4, 0.5) is 0 Å². The van der Waals surface area contributed by atoms with Crippen LogP contribution < -0.4 is 5.32 Å². The van der Waals surface area contributed by atoms with Gasteiger partial charge < -0.3 is 19.9 Å². The van der Waals surface area contributed by atoms with Gasteiger partial charge in [-0.05, 0) is 6.92 Å². The van der Waals surface area contributed by atoms with Crippen LogP contribution in [0.3, 0.4) is 0 Å². The predicted molar refractivity (Wildman–Crippen MR) is 47.7 cm³/mol. The fraction of sp³-hybridized carbons (Fsp3) is 0.889. The summed E-state index contributed by atoms with van der Waals surface area (Å²) in [6.07, 6.45) is 0. The van der Waals surface area contributed by atoms with Crippen LogP contribution in [0.5, 0.6) is 0 Å². The fourth-order valence-electron chi connectivity index (χ4n) is 1.88. The van der Waals surface area contributed by atoms with Crippen molar-refractivity contribution in [2.24, 2.45) is 5.41 Å². The standard InChI is InChI=1S/C9H15NO4/c1-2-14-7(11)8(3-10-4-8)9(12)5-13-6-9/h10,12H,2-6H2,1H3. The molecule has 2 saturated heterocycles. The largest absolute Gasteiger partial charge is 0.465 e. The van der Waals surface area contributed by atoms with Gasteiger partial charge in [-0.2, -0.15) is 0 Å². The summed E-state index contributed by atoms with van der Waals surface area (Å²) in [5.74, 6) is -0.315. The molecule has 0 radical (unpaired) electrons. The van der Waals surface area contributed by atoms with E-state index in [2.05, 4.69) is 5.32 Å². The van der Waals surface area contributed by atoms with E-state index >= 15 is 0 Å². The number of hydrogen-bond acceptors (Lipinski definition) is 5. The topological polar surface area (TPSA) is 67.8 Å². The molecule has 2 rings (SSSR count). The highest BCUT2D eigenvalue weighted by Crippen LogP contribution is 2.41. The van der Waals surface area contributed by atoms with E-state index < -0.39 is 11.0 Å². The molecule has 2 N–H and O–H groups in total. The van der Waals surface area contributed by atoms with Crippen LogP contribution >= 0.6 is 0 Å². The summed E-state index contributed by atoms with van der Waals surface area (Å²) < 4.78 is 9.94. The summed E-state index contributed by atoms with van der Waals surface area (Å²) >= 11 is 0. The Hall–Kier alpha value is -0.650. The fourth-order valence-corrected chi connectivity index (χ4v) is 1.88. The molecule has 0 spiro atoms. The molecule has 0 atom stereocenters. The van der Waals surface area contributed by atoms with Gasteiger partial charge in [0.05, 0.1) is 19.8 Å². The maximum Gasteiger partial charge on any atom is 0.317 e. The Bertz CT molecular complexity index is 245. The number of ether oxygens (including phenoxy) is 2. The van der Waals surface area contributed by atoms with Gasteiger partial charge in [-0.1, -0.05) is 0 Å². The maximum absolute atomic E-state index is 11.7. The van der Waals surface area contributed by atoms with E-state index in [1.54, 1.807) is 6.92 Å². The number of carbonyl (C=O) groups is 1. The molecule has 80 valence electrons. The van der Waals surface area contributed by atoms with Crippen LogP contribution in [0.2, 0.25) is 0 Å². The minimum absolute atomic E-state index is 0.230. The Kier molecular flexibility index (Phi) is 2.25. The van der Waals surface area contributed by atoms with Crippen LogP contribution in [0.15, 0.2) is 0 Å². The zero-order valence-corrected chi connectivity index (χ0v) is 8.21. The molecule has 0 aromatic carbocycles. The second kappa shape index (κ2) is 3.18. The van der Waals surface area contributed by atoms with Gasteiger partial charge in [0.25, 0.3) is 0 Å². The van der Waals surface area contributed by atoms with Crippen molar-refractivity contribution in [3.63, 3.8) is 0 Å². The first-order chi connectivity index (χ1) is 6.65. The molecular formula is C9H15NO4.